The number of unbranched alkanes of at least 4 members (excludes halogenated alkanes) is 1. The monoisotopic (exact) mass is 478 g/mol. The highest BCUT2D eigenvalue weighted by molar-refractivity contribution is 5.66. The summed E-state index contributed by atoms with van der Waals surface area (Å²) < 4.78 is 12.0. The molecule has 0 amide bonds. The number of rotatable bonds is 7. The van der Waals surface area contributed by atoms with Crippen molar-refractivity contribution in [1.29, 1.82) is 0 Å². The van der Waals surface area contributed by atoms with Crippen molar-refractivity contribution in [1.82, 2.24) is 20.4 Å². The molecule has 6 heteroatoms. The third-order valence-corrected chi connectivity index (χ3v) is 6.22. The Morgan fingerprint density at radius 1 is 0.611 bits per heavy atom. The predicted molar refractivity (Wildman–Crippen MR) is 141 cm³/mol. The molecule has 0 aliphatic rings. The summed E-state index contributed by atoms with van der Waals surface area (Å²) in [6.07, 6.45) is 3.45. The molecule has 36 heavy (non-hydrogen) atoms. The van der Waals surface area contributed by atoms with Crippen molar-refractivity contribution in [3.8, 4) is 45.8 Å². The van der Waals surface area contributed by atoms with Crippen molar-refractivity contribution < 1.29 is 8.83 Å². The second-order valence-corrected chi connectivity index (χ2v) is 10.0. The van der Waals surface area contributed by atoms with Crippen LogP contribution < -0.4 is 0 Å². The summed E-state index contributed by atoms with van der Waals surface area (Å²) in [6.45, 7) is 8.77. The van der Waals surface area contributed by atoms with E-state index in [-0.39, 0.29) is 5.41 Å². The molecule has 3 aromatic carbocycles. The zero-order valence-electron chi connectivity index (χ0n) is 21.2. The van der Waals surface area contributed by atoms with E-state index in [1.807, 2.05) is 48.5 Å². The molecule has 182 valence electrons. The minimum absolute atomic E-state index is 0.0890. The summed E-state index contributed by atoms with van der Waals surface area (Å²) in [5.41, 5.74) is 6.04. The van der Waals surface area contributed by atoms with Crippen molar-refractivity contribution in [2.45, 2.75) is 52.4 Å². The lowest BCUT2D eigenvalue weighted by Gasteiger charge is -2.18. The number of hydrogen-bond donors (Lipinski definition) is 0. The maximum Gasteiger partial charge on any atom is 0.248 e. The van der Waals surface area contributed by atoms with E-state index in [1.54, 1.807) is 0 Å². The molecular weight excluding hydrogens is 448 g/mol. The SMILES string of the molecule is CCCCc1ccc(-c2nnc(-c3cccc(-c4nnc(-c5ccc(C(C)(C)C)cc5)o4)c3)o2)cc1. The topological polar surface area (TPSA) is 77.8 Å². The molecule has 0 aliphatic heterocycles. The Labute approximate surface area is 211 Å². The first-order valence-electron chi connectivity index (χ1n) is 12.4. The summed E-state index contributed by atoms with van der Waals surface area (Å²) in [7, 11) is 0. The van der Waals surface area contributed by atoms with Crippen LogP contribution in [0.4, 0.5) is 0 Å². The van der Waals surface area contributed by atoms with E-state index in [1.165, 1.54) is 24.0 Å². The quantitative estimate of drug-likeness (QED) is 0.238. The van der Waals surface area contributed by atoms with Crippen LogP contribution >= 0.6 is 0 Å². The van der Waals surface area contributed by atoms with Crippen LogP contribution in [-0.2, 0) is 11.8 Å². The van der Waals surface area contributed by atoms with E-state index in [2.05, 4.69) is 72.4 Å². The summed E-state index contributed by atoms with van der Waals surface area (Å²) in [4.78, 5) is 0. The van der Waals surface area contributed by atoms with Gasteiger partial charge in [-0.2, -0.15) is 0 Å². The van der Waals surface area contributed by atoms with Gasteiger partial charge in [-0.05, 0) is 71.8 Å². The molecule has 0 saturated heterocycles. The molecule has 0 saturated carbocycles. The van der Waals surface area contributed by atoms with E-state index in [0.717, 1.165) is 28.7 Å². The van der Waals surface area contributed by atoms with Crippen molar-refractivity contribution in [3.05, 3.63) is 83.9 Å². The first kappa shape index (κ1) is 23.7. The van der Waals surface area contributed by atoms with Crippen LogP contribution in [0.5, 0.6) is 0 Å². The van der Waals surface area contributed by atoms with Gasteiger partial charge >= 0.3 is 0 Å². The van der Waals surface area contributed by atoms with Crippen LogP contribution in [0.3, 0.4) is 0 Å². The smallest absolute Gasteiger partial charge is 0.248 e. The lowest BCUT2D eigenvalue weighted by molar-refractivity contribution is 0.581. The third kappa shape index (κ3) is 5.13. The number of benzene rings is 3. The molecule has 0 fully saturated rings. The highest BCUT2D eigenvalue weighted by Crippen LogP contribution is 2.30. The zero-order valence-corrected chi connectivity index (χ0v) is 21.2. The second-order valence-electron chi connectivity index (χ2n) is 10.0. The number of aromatic nitrogens is 4. The Hall–Kier alpha value is -4.06. The maximum absolute atomic E-state index is 6.00. The number of aryl methyl sites for hydroxylation is 1. The van der Waals surface area contributed by atoms with Crippen LogP contribution in [-0.4, -0.2) is 20.4 Å². The molecule has 6 nitrogen and oxygen atoms in total. The van der Waals surface area contributed by atoms with Crippen LogP contribution in [0, 0.1) is 0 Å². The van der Waals surface area contributed by atoms with Crippen LogP contribution in [0.1, 0.15) is 51.7 Å². The van der Waals surface area contributed by atoms with Crippen molar-refractivity contribution in [3.63, 3.8) is 0 Å². The molecule has 5 aromatic rings. The molecule has 0 radical (unpaired) electrons. The van der Waals surface area contributed by atoms with Gasteiger partial charge in [0.05, 0.1) is 0 Å². The van der Waals surface area contributed by atoms with Crippen molar-refractivity contribution >= 4 is 0 Å². The van der Waals surface area contributed by atoms with Crippen molar-refractivity contribution in [2.75, 3.05) is 0 Å². The number of nitrogens with zero attached hydrogens (tertiary/aromatic N) is 4. The molecule has 5 rings (SSSR count). The molecule has 2 aromatic heterocycles. The molecular formula is C30H30N4O2. The summed E-state index contributed by atoms with van der Waals surface area (Å²) >= 11 is 0. The Morgan fingerprint density at radius 3 is 1.56 bits per heavy atom. The van der Waals surface area contributed by atoms with E-state index in [4.69, 9.17) is 8.83 Å². The molecule has 0 unspecified atom stereocenters. The molecule has 0 atom stereocenters. The van der Waals surface area contributed by atoms with Gasteiger partial charge in [0.2, 0.25) is 23.6 Å². The van der Waals surface area contributed by atoms with Crippen molar-refractivity contribution in [2.24, 2.45) is 0 Å². The van der Waals surface area contributed by atoms with Gasteiger partial charge in [-0.1, -0.05) is 64.4 Å². The standard InChI is InChI=1S/C30H30N4O2/c1-5-6-8-20-11-13-21(14-12-20)26-31-33-28(35-26)23-9-7-10-24(19-23)29-34-32-27(36-29)22-15-17-25(18-16-22)30(2,3)4/h7,9-19H,5-6,8H2,1-4H3. The zero-order chi connectivity index (χ0) is 25.1. The molecule has 0 N–H and O–H groups in total. The lowest BCUT2D eigenvalue weighted by atomic mass is 9.87. The minimum Gasteiger partial charge on any atom is -0.416 e. The average Bonchev–Trinajstić information content (AvgIpc) is 3.58. The Bertz CT molecular complexity index is 1440. The average molecular weight is 479 g/mol. The summed E-state index contributed by atoms with van der Waals surface area (Å²) in [5.74, 6) is 1.86. The molecule has 0 spiro atoms. The maximum atomic E-state index is 6.00. The van der Waals surface area contributed by atoms with Crippen LogP contribution in [0.2, 0.25) is 0 Å². The molecule has 0 aliphatic carbocycles. The highest BCUT2D eigenvalue weighted by atomic mass is 16.4. The predicted octanol–water partition coefficient (Wildman–Crippen LogP) is 7.76. The summed E-state index contributed by atoms with van der Waals surface area (Å²) in [5, 5.41) is 17.1. The van der Waals surface area contributed by atoms with Gasteiger partial charge in [0.25, 0.3) is 0 Å². The fourth-order valence-electron chi connectivity index (χ4n) is 4.01. The molecule has 2 heterocycles. The van der Waals surface area contributed by atoms with Crippen LogP contribution in [0.25, 0.3) is 45.8 Å². The van der Waals surface area contributed by atoms with Gasteiger partial charge in [-0.3, -0.25) is 0 Å². The largest absolute Gasteiger partial charge is 0.416 e. The van der Waals surface area contributed by atoms with Gasteiger partial charge in [-0.25, -0.2) is 0 Å². The Kier molecular flexibility index (Phi) is 6.51. The summed E-state index contributed by atoms with van der Waals surface area (Å²) in [6, 6.07) is 24.3. The van der Waals surface area contributed by atoms with Gasteiger partial charge < -0.3 is 8.83 Å². The fourth-order valence-corrected chi connectivity index (χ4v) is 4.01. The normalized spacial score (nSPS) is 11.7. The van der Waals surface area contributed by atoms with E-state index < -0.39 is 0 Å². The van der Waals surface area contributed by atoms with E-state index in [0.29, 0.717) is 23.6 Å². The van der Waals surface area contributed by atoms with Gasteiger partial charge in [0.1, 0.15) is 0 Å². The molecule has 0 bridgehead atoms. The third-order valence-electron chi connectivity index (χ3n) is 6.22. The van der Waals surface area contributed by atoms with Crippen LogP contribution in [0.15, 0.2) is 81.6 Å². The number of hydrogen-bond acceptors (Lipinski definition) is 6. The van der Waals surface area contributed by atoms with E-state index in [9.17, 15) is 0 Å². The Morgan fingerprint density at radius 2 is 1.08 bits per heavy atom. The highest BCUT2D eigenvalue weighted by Gasteiger charge is 2.16. The van der Waals surface area contributed by atoms with Gasteiger partial charge in [0, 0.05) is 22.3 Å². The first-order chi connectivity index (χ1) is 17.4. The van der Waals surface area contributed by atoms with Gasteiger partial charge in [-0.15, -0.1) is 20.4 Å². The first-order valence-corrected chi connectivity index (χ1v) is 12.4. The van der Waals surface area contributed by atoms with Gasteiger partial charge in [0.15, 0.2) is 0 Å². The Balaban J connectivity index is 1.35. The van der Waals surface area contributed by atoms with E-state index >= 15 is 0 Å². The lowest BCUT2D eigenvalue weighted by Crippen LogP contribution is -2.10. The fraction of sp³-hybridized carbons (Fsp3) is 0.267. The minimum atomic E-state index is 0.0890. The second kappa shape index (κ2) is 9.90.